The zero-order valence-electron chi connectivity index (χ0n) is 12.7. The summed E-state index contributed by atoms with van der Waals surface area (Å²) in [5.74, 6) is -0.486. The largest absolute Gasteiger partial charge is 0.360 e. The number of hydrogen-bond acceptors (Lipinski definition) is 2. The van der Waals surface area contributed by atoms with Gasteiger partial charge >= 0.3 is 0 Å². The van der Waals surface area contributed by atoms with Crippen LogP contribution < -0.4 is 0 Å². The van der Waals surface area contributed by atoms with E-state index in [1.165, 1.54) is 11.0 Å². The third kappa shape index (κ3) is 2.55. The Balaban J connectivity index is 2.08. The van der Waals surface area contributed by atoms with Crippen molar-refractivity contribution in [2.45, 2.75) is 0 Å². The molecule has 3 rings (SSSR count). The maximum Gasteiger partial charge on any atom is 0.253 e. The molecule has 0 aliphatic carbocycles. The molecule has 114 valence electrons. The van der Waals surface area contributed by atoms with Gasteiger partial charge in [-0.3, -0.25) is 4.79 Å². The minimum Gasteiger partial charge on any atom is -0.360 e. The SMILES string of the molecule is CN(C)C(=O)c1ccc(-c2cc3c(C#N)c[nH]c3cc2F)cc1. The van der Waals surface area contributed by atoms with Crippen molar-refractivity contribution in [3.63, 3.8) is 0 Å². The maximum absolute atomic E-state index is 14.3. The van der Waals surface area contributed by atoms with Crippen molar-refractivity contribution in [2.75, 3.05) is 14.1 Å². The minimum absolute atomic E-state index is 0.107. The van der Waals surface area contributed by atoms with Crippen LogP contribution in [-0.4, -0.2) is 29.9 Å². The zero-order valence-corrected chi connectivity index (χ0v) is 12.7. The number of aromatic amines is 1. The number of rotatable bonds is 2. The van der Waals surface area contributed by atoms with Gasteiger partial charge in [0.25, 0.3) is 5.91 Å². The van der Waals surface area contributed by atoms with Gasteiger partial charge in [0.05, 0.1) is 5.56 Å². The van der Waals surface area contributed by atoms with Gasteiger partial charge in [0.1, 0.15) is 11.9 Å². The second kappa shape index (κ2) is 5.58. The summed E-state index contributed by atoms with van der Waals surface area (Å²) in [5.41, 5.74) is 2.66. The van der Waals surface area contributed by atoms with Gasteiger partial charge < -0.3 is 9.88 Å². The highest BCUT2D eigenvalue weighted by Gasteiger charge is 2.12. The summed E-state index contributed by atoms with van der Waals surface area (Å²) in [6.45, 7) is 0. The van der Waals surface area contributed by atoms with Crippen molar-refractivity contribution in [3.8, 4) is 17.2 Å². The lowest BCUT2D eigenvalue weighted by atomic mass is 10.0. The van der Waals surface area contributed by atoms with Crippen LogP contribution in [0.1, 0.15) is 15.9 Å². The second-order valence-corrected chi connectivity index (χ2v) is 5.47. The van der Waals surface area contributed by atoms with Gasteiger partial charge in [-0.05, 0) is 29.8 Å². The molecule has 0 aliphatic heterocycles. The van der Waals surface area contributed by atoms with Crippen LogP contribution in [-0.2, 0) is 0 Å². The number of amides is 1. The molecule has 2 aromatic carbocycles. The molecule has 4 nitrogen and oxygen atoms in total. The Morgan fingerprint density at radius 3 is 2.52 bits per heavy atom. The van der Waals surface area contributed by atoms with Crippen LogP contribution >= 0.6 is 0 Å². The first kappa shape index (κ1) is 14.8. The highest BCUT2D eigenvalue weighted by atomic mass is 19.1. The smallest absolute Gasteiger partial charge is 0.253 e. The van der Waals surface area contributed by atoms with E-state index >= 15 is 0 Å². The van der Waals surface area contributed by atoms with E-state index in [0.717, 1.165) is 0 Å². The quantitative estimate of drug-likeness (QED) is 0.787. The first-order valence-electron chi connectivity index (χ1n) is 7.04. The van der Waals surface area contributed by atoms with Crippen LogP contribution in [0.5, 0.6) is 0 Å². The third-order valence-electron chi connectivity index (χ3n) is 3.74. The van der Waals surface area contributed by atoms with Gasteiger partial charge in [-0.25, -0.2) is 4.39 Å². The number of fused-ring (bicyclic) bond motifs is 1. The Hall–Kier alpha value is -3.13. The monoisotopic (exact) mass is 307 g/mol. The number of benzene rings is 2. The summed E-state index contributed by atoms with van der Waals surface area (Å²) >= 11 is 0. The molecule has 0 bridgehead atoms. The molecule has 3 aromatic rings. The van der Waals surface area contributed by atoms with Crippen molar-refractivity contribution >= 4 is 16.8 Å². The lowest BCUT2D eigenvalue weighted by Crippen LogP contribution is -2.21. The number of carbonyl (C=O) groups is 1. The van der Waals surface area contributed by atoms with Crippen LogP contribution in [0.2, 0.25) is 0 Å². The first-order chi connectivity index (χ1) is 11.0. The Morgan fingerprint density at radius 2 is 1.91 bits per heavy atom. The van der Waals surface area contributed by atoms with E-state index in [1.807, 2.05) is 0 Å². The predicted molar refractivity (Wildman–Crippen MR) is 86.4 cm³/mol. The molecular weight excluding hydrogens is 293 g/mol. The lowest BCUT2D eigenvalue weighted by molar-refractivity contribution is 0.0827. The van der Waals surface area contributed by atoms with Crippen molar-refractivity contribution in [1.82, 2.24) is 9.88 Å². The normalized spacial score (nSPS) is 10.5. The standard InChI is InChI=1S/C18H14FN3O/c1-22(2)18(23)12-5-3-11(4-6-12)14-7-15-13(9-20)10-21-17(15)8-16(14)19/h3-8,10,21H,1-2H3. The van der Waals surface area contributed by atoms with E-state index in [1.54, 1.807) is 50.6 Å². The van der Waals surface area contributed by atoms with Gasteiger partial charge in [-0.15, -0.1) is 0 Å². The number of halogens is 1. The molecule has 0 saturated carbocycles. The Bertz CT molecular complexity index is 933. The highest BCUT2D eigenvalue weighted by Crippen LogP contribution is 2.29. The van der Waals surface area contributed by atoms with E-state index in [2.05, 4.69) is 11.1 Å². The Labute approximate surface area is 132 Å². The van der Waals surface area contributed by atoms with Crippen molar-refractivity contribution in [1.29, 1.82) is 5.26 Å². The molecule has 0 unspecified atom stereocenters. The van der Waals surface area contributed by atoms with Crippen LogP contribution in [0.3, 0.4) is 0 Å². The lowest BCUT2D eigenvalue weighted by Gasteiger charge is -2.11. The number of H-pyrrole nitrogens is 1. The number of carbonyl (C=O) groups excluding carboxylic acids is 1. The molecule has 0 fully saturated rings. The maximum atomic E-state index is 14.3. The molecule has 5 heteroatoms. The number of aromatic nitrogens is 1. The van der Waals surface area contributed by atoms with Gasteiger partial charge in [-0.1, -0.05) is 12.1 Å². The number of nitrogens with zero attached hydrogens (tertiary/aromatic N) is 2. The third-order valence-corrected chi connectivity index (χ3v) is 3.74. The highest BCUT2D eigenvalue weighted by molar-refractivity contribution is 5.95. The number of nitriles is 1. The minimum atomic E-state index is -0.379. The summed E-state index contributed by atoms with van der Waals surface area (Å²) < 4.78 is 14.3. The number of hydrogen-bond donors (Lipinski definition) is 1. The topological polar surface area (TPSA) is 59.9 Å². The summed E-state index contributed by atoms with van der Waals surface area (Å²) in [6, 6.07) is 11.9. The Kier molecular flexibility index (Phi) is 3.59. The van der Waals surface area contributed by atoms with Gasteiger partial charge in [0.2, 0.25) is 0 Å². The molecule has 0 spiro atoms. The van der Waals surface area contributed by atoms with E-state index in [-0.39, 0.29) is 11.7 Å². The predicted octanol–water partition coefficient (Wildman–Crippen LogP) is 3.55. The summed E-state index contributed by atoms with van der Waals surface area (Å²) in [4.78, 5) is 16.3. The average molecular weight is 307 g/mol. The molecule has 1 N–H and O–H groups in total. The molecule has 0 aliphatic rings. The fourth-order valence-corrected chi connectivity index (χ4v) is 2.51. The molecule has 0 radical (unpaired) electrons. The fourth-order valence-electron chi connectivity index (χ4n) is 2.51. The van der Waals surface area contributed by atoms with E-state index < -0.39 is 0 Å². The van der Waals surface area contributed by atoms with Crippen molar-refractivity contribution in [3.05, 3.63) is 59.5 Å². The van der Waals surface area contributed by atoms with Crippen LogP contribution in [0.15, 0.2) is 42.6 Å². The van der Waals surface area contributed by atoms with Crippen LogP contribution in [0.25, 0.3) is 22.0 Å². The van der Waals surface area contributed by atoms with Gasteiger partial charge in [0, 0.05) is 42.3 Å². The summed E-state index contributed by atoms with van der Waals surface area (Å²) in [6.07, 6.45) is 1.56. The average Bonchev–Trinajstić information content (AvgIpc) is 2.95. The fraction of sp³-hybridized carbons (Fsp3) is 0.111. The molecule has 1 amide bonds. The molecule has 0 atom stereocenters. The van der Waals surface area contributed by atoms with E-state index in [4.69, 9.17) is 5.26 Å². The first-order valence-corrected chi connectivity index (χ1v) is 7.04. The van der Waals surface area contributed by atoms with E-state index in [9.17, 15) is 9.18 Å². The summed E-state index contributed by atoms with van der Waals surface area (Å²) in [7, 11) is 3.36. The molecule has 0 saturated heterocycles. The second-order valence-electron chi connectivity index (χ2n) is 5.47. The van der Waals surface area contributed by atoms with Crippen LogP contribution in [0.4, 0.5) is 4.39 Å². The molecule has 23 heavy (non-hydrogen) atoms. The van der Waals surface area contributed by atoms with Gasteiger partial charge in [-0.2, -0.15) is 5.26 Å². The Morgan fingerprint density at radius 1 is 1.22 bits per heavy atom. The van der Waals surface area contributed by atoms with E-state index in [0.29, 0.717) is 33.2 Å². The summed E-state index contributed by atoms with van der Waals surface area (Å²) in [5, 5.41) is 9.78. The van der Waals surface area contributed by atoms with Crippen molar-refractivity contribution in [2.24, 2.45) is 0 Å². The van der Waals surface area contributed by atoms with Crippen LogP contribution in [0, 0.1) is 17.1 Å². The van der Waals surface area contributed by atoms with Crippen molar-refractivity contribution < 1.29 is 9.18 Å². The molecule has 1 aromatic heterocycles. The number of nitrogens with one attached hydrogen (secondary N) is 1. The molecular formula is C18H14FN3O. The molecule has 1 heterocycles. The van der Waals surface area contributed by atoms with Gasteiger partial charge in [0.15, 0.2) is 0 Å². The zero-order chi connectivity index (χ0) is 16.6.